The van der Waals surface area contributed by atoms with Gasteiger partial charge in [-0.2, -0.15) is 13.2 Å². The molecule has 0 aromatic heterocycles. The number of hydrogen-bond acceptors (Lipinski definition) is 2. The van der Waals surface area contributed by atoms with Crippen LogP contribution in [0.5, 0.6) is 0 Å². The van der Waals surface area contributed by atoms with Crippen molar-refractivity contribution in [2.45, 2.75) is 44.8 Å². The zero-order valence-electron chi connectivity index (χ0n) is 10.9. The summed E-state index contributed by atoms with van der Waals surface area (Å²) in [5.74, 6) is -0.137. The molecule has 3 nitrogen and oxygen atoms in total. The second-order valence-electron chi connectivity index (χ2n) is 4.92. The van der Waals surface area contributed by atoms with Gasteiger partial charge in [-0.05, 0) is 45.7 Å². The average molecular weight is 266 g/mol. The lowest BCUT2D eigenvalue weighted by Gasteiger charge is -2.30. The van der Waals surface area contributed by atoms with Gasteiger partial charge < -0.3 is 10.2 Å². The van der Waals surface area contributed by atoms with Crippen LogP contribution in [0.15, 0.2) is 0 Å². The smallest absolute Gasteiger partial charge is 0.331 e. The van der Waals surface area contributed by atoms with E-state index >= 15 is 0 Å². The van der Waals surface area contributed by atoms with E-state index < -0.39 is 12.7 Å². The molecule has 1 aliphatic carbocycles. The van der Waals surface area contributed by atoms with Crippen LogP contribution in [0.1, 0.15) is 32.6 Å². The fourth-order valence-corrected chi connectivity index (χ4v) is 2.05. The first-order chi connectivity index (χ1) is 8.35. The number of carbonyl (C=O) groups excluding carboxylic acids is 1. The van der Waals surface area contributed by atoms with Gasteiger partial charge >= 0.3 is 6.18 Å². The van der Waals surface area contributed by atoms with Gasteiger partial charge in [0, 0.05) is 12.5 Å². The third kappa shape index (κ3) is 5.25. The summed E-state index contributed by atoms with van der Waals surface area (Å²) in [4.78, 5) is 12.9. The molecule has 1 atom stereocenters. The van der Waals surface area contributed by atoms with E-state index in [0.717, 1.165) is 17.7 Å². The second kappa shape index (κ2) is 6.41. The van der Waals surface area contributed by atoms with Crippen LogP contribution in [0.4, 0.5) is 13.2 Å². The lowest BCUT2D eigenvalue weighted by atomic mass is 10.1. The van der Waals surface area contributed by atoms with Gasteiger partial charge in [0.1, 0.15) is 6.54 Å². The van der Waals surface area contributed by atoms with E-state index in [2.05, 4.69) is 5.32 Å². The fraction of sp³-hybridized carbons (Fsp3) is 0.917. The molecule has 6 heteroatoms. The van der Waals surface area contributed by atoms with Crippen molar-refractivity contribution in [3.63, 3.8) is 0 Å². The van der Waals surface area contributed by atoms with Crippen molar-refractivity contribution in [3.05, 3.63) is 0 Å². The maximum Gasteiger partial charge on any atom is 0.406 e. The Kier molecular flexibility index (Phi) is 5.44. The van der Waals surface area contributed by atoms with Crippen molar-refractivity contribution in [2.75, 3.05) is 20.1 Å². The molecule has 1 unspecified atom stereocenters. The summed E-state index contributed by atoms with van der Waals surface area (Å²) >= 11 is 0. The van der Waals surface area contributed by atoms with Crippen molar-refractivity contribution in [1.82, 2.24) is 10.2 Å². The van der Waals surface area contributed by atoms with Crippen molar-refractivity contribution in [3.8, 4) is 0 Å². The summed E-state index contributed by atoms with van der Waals surface area (Å²) in [6, 6.07) is -0.297. The minimum Gasteiger partial charge on any atom is -0.331 e. The second-order valence-corrected chi connectivity index (χ2v) is 4.92. The molecule has 1 saturated carbocycles. The van der Waals surface area contributed by atoms with Gasteiger partial charge in [0.15, 0.2) is 0 Å². The monoisotopic (exact) mass is 266 g/mol. The normalized spacial score (nSPS) is 17.6. The lowest BCUT2D eigenvalue weighted by Crippen LogP contribution is -2.45. The molecule has 0 aliphatic heterocycles. The van der Waals surface area contributed by atoms with Crippen molar-refractivity contribution < 1.29 is 18.0 Å². The number of alkyl halides is 3. The Labute approximate surface area is 106 Å². The number of amides is 1. The Morgan fingerprint density at radius 1 is 1.44 bits per heavy atom. The third-order valence-electron chi connectivity index (χ3n) is 3.28. The van der Waals surface area contributed by atoms with E-state index in [1.807, 2.05) is 0 Å². The summed E-state index contributed by atoms with van der Waals surface area (Å²) in [5, 5.41) is 2.88. The van der Waals surface area contributed by atoms with Gasteiger partial charge in [-0.1, -0.05) is 0 Å². The van der Waals surface area contributed by atoms with E-state index in [4.69, 9.17) is 0 Å². The van der Waals surface area contributed by atoms with Crippen molar-refractivity contribution >= 4 is 5.91 Å². The molecular weight excluding hydrogens is 245 g/mol. The summed E-state index contributed by atoms with van der Waals surface area (Å²) in [6.45, 7) is 1.24. The van der Waals surface area contributed by atoms with E-state index in [0.29, 0.717) is 13.0 Å². The third-order valence-corrected chi connectivity index (χ3v) is 3.28. The summed E-state index contributed by atoms with van der Waals surface area (Å²) in [7, 11) is 1.75. The number of carbonyl (C=O) groups is 1. The van der Waals surface area contributed by atoms with E-state index in [-0.39, 0.29) is 24.3 Å². The Balaban J connectivity index is 2.55. The molecule has 0 aromatic carbocycles. The molecule has 1 N–H and O–H groups in total. The van der Waals surface area contributed by atoms with Gasteiger partial charge in [0.2, 0.25) is 5.91 Å². The molecular formula is C12H21F3N2O. The maximum absolute atomic E-state index is 12.5. The average Bonchev–Trinajstić information content (AvgIpc) is 3.07. The molecule has 1 amide bonds. The SMILES string of the molecule is CNCCCC(=O)N(CC(F)(F)F)C(C)C1CC1. The van der Waals surface area contributed by atoms with Gasteiger partial charge in [-0.3, -0.25) is 4.79 Å². The summed E-state index contributed by atoms with van der Waals surface area (Å²) in [6.07, 6.45) is -1.71. The van der Waals surface area contributed by atoms with E-state index in [1.165, 1.54) is 0 Å². The first kappa shape index (κ1) is 15.3. The van der Waals surface area contributed by atoms with Crippen molar-refractivity contribution in [1.29, 1.82) is 0 Å². The molecule has 18 heavy (non-hydrogen) atoms. The molecule has 1 rings (SSSR count). The Hall–Kier alpha value is -0.780. The highest BCUT2D eigenvalue weighted by molar-refractivity contribution is 5.76. The summed E-state index contributed by atoms with van der Waals surface area (Å²) < 4.78 is 37.5. The maximum atomic E-state index is 12.5. The molecule has 1 aliphatic rings. The van der Waals surface area contributed by atoms with Crippen LogP contribution >= 0.6 is 0 Å². The van der Waals surface area contributed by atoms with Crippen LogP contribution in [0.3, 0.4) is 0 Å². The van der Waals surface area contributed by atoms with E-state index in [1.54, 1.807) is 14.0 Å². The molecule has 0 bridgehead atoms. The van der Waals surface area contributed by atoms with Crippen LogP contribution in [0, 0.1) is 5.92 Å². The topological polar surface area (TPSA) is 32.3 Å². The number of halogens is 3. The minimum atomic E-state index is -4.32. The predicted octanol–water partition coefficient (Wildman–Crippen LogP) is 2.18. The van der Waals surface area contributed by atoms with Crippen LogP contribution in [-0.2, 0) is 4.79 Å². The van der Waals surface area contributed by atoms with Crippen LogP contribution in [0.2, 0.25) is 0 Å². The van der Waals surface area contributed by atoms with Crippen LogP contribution < -0.4 is 5.32 Å². The van der Waals surface area contributed by atoms with Gasteiger partial charge in [0.25, 0.3) is 0 Å². The summed E-state index contributed by atoms with van der Waals surface area (Å²) in [5.41, 5.74) is 0. The predicted molar refractivity (Wildman–Crippen MR) is 63.1 cm³/mol. The zero-order chi connectivity index (χ0) is 13.8. The largest absolute Gasteiger partial charge is 0.406 e. The Morgan fingerprint density at radius 3 is 2.50 bits per heavy atom. The fourth-order valence-electron chi connectivity index (χ4n) is 2.05. The lowest BCUT2D eigenvalue weighted by molar-refractivity contribution is -0.166. The molecule has 1 fully saturated rings. The van der Waals surface area contributed by atoms with E-state index in [9.17, 15) is 18.0 Å². The molecule has 0 radical (unpaired) electrons. The first-order valence-electron chi connectivity index (χ1n) is 6.36. The molecule has 0 aromatic rings. The molecule has 0 spiro atoms. The van der Waals surface area contributed by atoms with Crippen LogP contribution in [-0.4, -0.2) is 43.2 Å². The quantitative estimate of drug-likeness (QED) is 0.716. The Morgan fingerprint density at radius 2 is 2.06 bits per heavy atom. The highest BCUT2D eigenvalue weighted by Crippen LogP contribution is 2.36. The number of hydrogen-bond donors (Lipinski definition) is 1. The van der Waals surface area contributed by atoms with Crippen LogP contribution in [0.25, 0.3) is 0 Å². The Bertz CT molecular complexity index is 277. The first-order valence-corrected chi connectivity index (χ1v) is 6.36. The standard InChI is InChI=1S/C12H21F3N2O/c1-9(10-5-6-10)17(8-12(13,14)15)11(18)4-3-7-16-2/h9-10,16H,3-8H2,1-2H3. The number of nitrogens with zero attached hydrogens (tertiary/aromatic N) is 1. The zero-order valence-corrected chi connectivity index (χ0v) is 10.9. The highest BCUT2D eigenvalue weighted by atomic mass is 19.4. The molecule has 106 valence electrons. The van der Waals surface area contributed by atoms with Gasteiger partial charge in [0.05, 0.1) is 0 Å². The van der Waals surface area contributed by atoms with Crippen molar-refractivity contribution in [2.24, 2.45) is 5.92 Å². The molecule has 0 heterocycles. The number of nitrogens with one attached hydrogen (secondary N) is 1. The molecule has 0 saturated heterocycles. The highest BCUT2D eigenvalue weighted by Gasteiger charge is 2.40. The number of rotatable bonds is 7. The van der Waals surface area contributed by atoms with Gasteiger partial charge in [-0.25, -0.2) is 0 Å². The minimum absolute atomic E-state index is 0.175. The van der Waals surface area contributed by atoms with Gasteiger partial charge in [-0.15, -0.1) is 0 Å².